The molecule has 0 aliphatic heterocycles. The number of benzene rings is 3. The number of hydrogen-bond acceptors (Lipinski definition) is 5. The number of imide groups is 1. The van der Waals surface area contributed by atoms with Gasteiger partial charge in [-0.3, -0.25) is 14.5 Å². The molecule has 5 nitrogen and oxygen atoms in total. The number of esters is 1. The van der Waals surface area contributed by atoms with Crippen molar-refractivity contribution in [2.24, 2.45) is 21.7 Å². The van der Waals surface area contributed by atoms with Crippen LogP contribution in [-0.2, 0) is 19.1 Å². The van der Waals surface area contributed by atoms with E-state index < -0.39 is 10.8 Å². The van der Waals surface area contributed by atoms with Crippen LogP contribution < -0.4 is 4.90 Å². The Balaban J connectivity index is 2.11. The summed E-state index contributed by atoms with van der Waals surface area (Å²) in [6.07, 6.45) is 7.95. The van der Waals surface area contributed by atoms with Crippen LogP contribution in [0.3, 0.4) is 0 Å². The lowest BCUT2D eigenvalue weighted by Gasteiger charge is -2.46. The second-order valence-electron chi connectivity index (χ2n) is 18.4. The van der Waals surface area contributed by atoms with Crippen LogP contribution in [0.4, 0.5) is 5.69 Å². The molecule has 3 aromatic carbocycles. The standard InChI is InChI=1S/C48H66INO4S/c1-11-13-29-48(10,41(32-45(3,4)5)54-44(53)40(49)30-35-20-16-14-17-21-35)31-39(36-24-26-38(55)27-25-36)47(8,9)34-43(52)50(37-22-18-15-19-23-37)42(51)33-46(6,7)28-12-2/h14-27,30,39,41,55H,11-13,28-29,31-34H2,1-10H3. The van der Waals surface area contributed by atoms with Crippen molar-refractivity contribution >= 4 is 64.8 Å². The van der Waals surface area contributed by atoms with E-state index in [9.17, 15) is 14.4 Å². The van der Waals surface area contributed by atoms with Crippen molar-refractivity contribution in [1.29, 1.82) is 0 Å². The van der Waals surface area contributed by atoms with Crippen LogP contribution in [0.15, 0.2) is 93.4 Å². The topological polar surface area (TPSA) is 63.7 Å². The van der Waals surface area contributed by atoms with E-state index in [4.69, 9.17) is 4.74 Å². The molecule has 0 aliphatic carbocycles. The Kier molecular flexibility index (Phi) is 17.3. The minimum absolute atomic E-state index is 0.114. The molecule has 0 saturated carbocycles. The maximum atomic E-state index is 14.7. The van der Waals surface area contributed by atoms with Crippen molar-refractivity contribution in [2.45, 2.75) is 144 Å². The van der Waals surface area contributed by atoms with Gasteiger partial charge in [0.1, 0.15) is 6.10 Å². The van der Waals surface area contributed by atoms with Crippen molar-refractivity contribution in [2.75, 3.05) is 4.90 Å². The van der Waals surface area contributed by atoms with E-state index in [1.165, 1.54) is 4.90 Å². The van der Waals surface area contributed by atoms with Gasteiger partial charge in [-0.15, -0.1) is 12.6 Å². The molecule has 0 bridgehead atoms. The lowest BCUT2D eigenvalue weighted by molar-refractivity contribution is -0.154. The molecule has 3 atom stereocenters. The lowest BCUT2D eigenvalue weighted by Crippen LogP contribution is -2.44. The number of carbonyl (C=O) groups excluding carboxylic acids is 3. The van der Waals surface area contributed by atoms with E-state index in [2.05, 4.69) is 117 Å². The van der Waals surface area contributed by atoms with Crippen molar-refractivity contribution in [1.82, 2.24) is 0 Å². The van der Waals surface area contributed by atoms with Gasteiger partial charge in [0.2, 0.25) is 11.8 Å². The monoisotopic (exact) mass is 879 g/mol. The Labute approximate surface area is 352 Å². The Morgan fingerprint density at radius 3 is 1.85 bits per heavy atom. The Morgan fingerprint density at radius 1 is 0.745 bits per heavy atom. The number of halogens is 1. The first-order valence-electron chi connectivity index (χ1n) is 20.0. The van der Waals surface area contributed by atoms with Gasteiger partial charge in [-0.1, -0.05) is 149 Å². The Bertz CT molecular complexity index is 1710. The zero-order valence-electron chi connectivity index (χ0n) is 35.1. The fraction of sp³-hybridized carbons (Fsp3) is 0.521. The van der Waals surface area contributed by atoms with Crippen LogP contribution in [0.25, 0.3) is 6.08 Å². The number of anilines is 1. The van der Waals surface area contributed by atoms with E-state index in [0.29, 0.717) is 22.1 Å². The van der Waals surface area contributed by atoms with Crippen LogP contribution in [0.5, 0.6) is 0 Å². The van der Waals surface area contributed by atoms with Crippen molar-refractivity contribution < 1.29 is 19.1 Å². The van der Waals surface area contributed by atoms with Crippen LogP contribution in [-0.4, -0.2) is 23.9 Å². The van der Waals surface area contributed by atoms with E-state index >= 15 is 0 Å². The second-order valence-corrected chi connectivity index (χ2v) is 20.1. The summed E-state index contributed by atoms with van der Waals surface area (Å²) >= 11 is 6.71. The molecule has 7 heteroatoms. The van der Waals surface area contributed by atoms with Crippen LogP contribution >= 0.6 is 35.2 Å². The molecule has 2 amide bonds. The van der Waals surface area contributed by atoms with Gasteiger partial charge < -0.3 is 4.74 Å². The summed E-state index contributed by atoms with van der Waals surface area (Å²) in [6.45, 7) is 21.7. The Morgan fingerprint density at radius 2 is 1.31 bits per heavy atom. The predicted molar refractivity (Wildman–Crippen MR) is 242 cm³/mol. The summed E-state index contributed by atoms with van der Waals surface area (Å²) < 4.78 is 7.15. The largest absolute Gasteiger partial charge is 0.458 e. The number of ether oxygens (including phenoxy) is 1. The summed E-state index contributed by atoms with van der Waals surface area (Å²) in [7, 11) is 0. The van der Waals surface area contributed by atoms with Gasteiger partial charge in [-0.05, 0) is 112 Å². The highest BCUT2D eigenvalue weighted by Gasteiger charge is 2.45. The van der Waals surface area contributed by atoms with Gasteiger partial charge in [-0.2, -0.15) is 0 Å². The first-order valence-corrected chi connectivity index (χ1v) is 21.6. The molecule has 0 N–H and O–H groups in total. The van der Waals surface area contributed by atoms with Crippen LogP contribution in [0.2, 0.25) is 0 Å². The predicted octanol–water partition coefficient (Wildman–Crippen LogP) is 13.7. The average molecular weight is 880 g/mol. The first-order chi connectivity index (χ1) is 25.7. The molecule has 0 aliphatic rings. The lowest BCUT2D eigenvalue weighted by atomic mass is 9.61. The van der Waals surface area contributed by atoms with Gasteiger partial charge in [0.05, 0.1) is 9.27 Å². The number of carbonyl (C=O) groups is 3. The van der Waals surface area contributed by atoms with Crippen LogP contribution in [0.1, 0.15) is 144 Å². The third-order valence-electron chi connectivity index (χ3n) is 10.8. The number of hydrogen-bond donors (Lipinski definition) is 1. The SMILES string of the molecule is CCCCC(C)(CC(c1ccc(S)cc1)C(C)(C)CC(=O)N(C(=O)CC(C)(C)CCC)c1ccccc1)C(CC(C)(C)C)OC(=O)C(I)=Cc1ccccc1. The molecule has 0 fully saturated rings. The molecule has 55 heavy (non-hydrogen) atoms. The minimum atomic E-state index is -0.590. The summed E-state index contributed by atoms with van der Waals surface area (Å²) in [5, 5.41) is 0. The summed E-state index contributed by atoms with van der Waals surface area (Å²) in [4.78, 5) is 45.0. The third kappa shape index (κ3) is 14.5. The highest BCUT2D eigenvalue weighted by molar-refractivity contribution is 14.1. The molecule has 3 unspecified atom stereocenters. The summed E-state index contributed by atoms with van der Waals surface area (Å²) in [5.41, 5.74) is 1.25. The zero-order chi connectivity index (χ0) is 41.0. The number of unbranched alkanes of at least 4 members (excludes halogenated alkanes) is 1. The number of amides is 2. The van der Waals surface area contributed by atoms with Crippen LogP contribution in [0, 0.1) is 21.7 Å². The van der Waals surface area contributed by atoms with Gasteiger partial charge in [0, 0.05) is 23.2 Å². The van der Waals surface area contributed by atoms with E-state index in [1.54, 1.807) is 0 Å². The molecule has 3 rings (SSSR count). The van der Waals surface area contributed by atoms with Gasteiger partial charge in [0.25, 0.3) is 0 Å². The van der Waals surface area contributed by atoms with Gasteiger partial charge >= 0.3 is 5.97 Å². The van der Waals surface area contributed by atoms with Crippen molar-refractivity contribution in [3.8, 4) is 0 Å². The number of para-hydroxylation sites is 1. The molecule has 0 saturated heterocycles. The normalized spacial score (nSPS) is 14.8. The highest BCUT2D eigenvalue weighted by Crippen LogP contribution is 2.51. The number of rotatable bonds is 19. The Hall–Kier alpha value is -2.91. The second kappa shape index (κ2) is 20.5. The van der Waals surface area contributed by atoms with E-state index in [1.807, 2.05) is 78.9 Å². The van der Waals surface area contributed by atoms with E-state index in [-0.39, 0.29) is 53.5 Å². The molecule has 0 spiro atoms. The summed E-state index contributed by atoms with van der Waals surface area (Å²) in [6, 6.07) is 27.4. The highest BCUT2D eigenvalue weighted by atomic mass is 127. The number of thiol groups is 1. The fourth-order valence-electron chi connectivity index (χ4n) is 7.77. The molecule has 0 heterocycles. The fourth-order valence-corrected chi connectivity index (χ4v) is 8.41. The quantitative estimate of drug-likeness (QED) is 0.0564. The maximum Gasteiger partial charge on any atom is 0.344 e. The van der Waals surface area contributed by atoms with Gasteiger partial charge in [0.15, 0.2) is 0 Å². The molecule has 0 aromatic heterocycles. The molecule has 3 aromatic rings. The smallest absolute Gasteiger partial charge is 0.344 e. The third-order valence-corrected chi connectivity index (χ3v) is 11.8. The van der Waals surface area contributed by atoms with Gasteiger partial charge in [-0.25, -0.2) is 4.79 Å². The van der Waals surface area contributed by atoms with Crippen molar-refractivity contribution in [3.63, 3.8) is 0 Å². The first kappa shape index (κ1) is 46.5. The zero-order valence-corrected chi connectivity index (χ0v) is 38.1. The maximum absolute atomic E-state index is 14.7. The van der Waals surface area contributed by atoms with Crippen molar-refractivity contribution in [3.05, 3.63) is 99.6 Å². The number of nitrogens with zero attached hydrogens (tertiary/aromatic N) is 1. The molecular formula is C48H66INO4S. The average Bonchev–Trinajstić information content (AvgIpc) is 3.09. The summed E-state index contributed by atoms with van der Waals surface area (Å²) in [5.74, 6) is -0.825. The minimum Gasteiger partial charge on any atom is -0.458 e. The van der Waals surface area contributed by atoms with E-state index in [0.717, 1.165) is 48.1 Å². The molecule has 0 radical (unpaired) electrons. The molecular weight excluding hydrogens is 814 g/mol. The molecule has 300 valence electrons.